The highest BCUT2D eigenvalue weighted by atomic mass is 16.5. The summed E-state index contributed by atoms with van der Waals surface area (Å²) in [6.07, 6.45) is 0.980. The molecule has 1 heterocycles. The lowest BCUT2D eigenvalue weighted by molar-refractivity contribution is -0.150. The summed E-state index contributed by atoms with van der Waals surface area (Å²) in [5.74, 6) is -0.421. The molecule has 1 N–H and O–H groups in total. The average Bonchev–Trinajstić information content (AvgIpc) is 2.49. The number of carbonyl (C=O) groups excluding carboxylic acids is 2. The Balaban J connectivity index is 2.45. The van der Waals surface area contributed by atoms with Gasteiger partial charge in [-0.25, -0.2) is 4.79 Å². The zero-order valence-electron chi connectivity index (χ0n) is 14.6. The number of fused-ring (bicyclic) bond motifs is 1. The van der Waals surface area contributed by atoms with Crippen molar-refractivity contribution in [2.75, 3.05) is 10.2 Å². The smallest absolute Gasteiger partial charge is 0.329 e. The predicted molar refractivity (Wildman–Crippen MR) is 91.7 cm³/mol. The van der Waals surface area contributed by atoms with Crippen LogP contribution in [0.4, 0.5) is 11.4 Å². The summed E-state index contributed by atoms with van der Waals surface area (Å²) in [5, 5.41) is 3.28. The van der Waals surface area contributed by atoms with Crippen LogP contribution in [0.15, 0.2) is 18.2 Å². The maximum Gasteiger partial charge on any atom is 0.329 e. The molecule has 2 atom stereocenters. The Hall–Kier alpha value is -2.04. The first-order valence-electron chi connectivity index (χ1n) is 8.29. The maximum atomic E-state index is 12.9. The van der Waals surface area contributed by atoms with Crippen molar-refractivity contribution in [3.05, 3.63) is 23.8 Å². The van der Waals surface area contributed by atoms with Crippen molar-refractivity contribution in [2.24, 2.45) is 0 Å². The molecule has 0 saturated heterocycles. The zero-order chi connectivity index (χ0) is 17.1. The van der Waals surface area contributed by atoms with E-state index in [-0.39, 0.29) is 24.0 Å². The Morgan fingerprint density at radius 3 is 2.61 bits per heavy atom. The van der Waals surface area contributed by atoms with E-state index in [0.29, 0.717) is 12.8 Å². The summed E-state index contributed by atoms with van der Waals surface area (Å²) in [6.45, 7) is 9.50. The van der Waals surface area contributed by atoms with Gasteiger partial charge in [-0.05, 0) is 51.3 Å². The molecular formula is C18H26N2O3. The predicted octanol–water partition coefficient (Wildman–Crippen LogP) is 3.26. The topological polar surface area (TPSA) is 58.6 Å². The van der Waals surface area contributed by atoms with Crippen molar-refractivity contribution >= 4 is 23.3 Å². The van der Waals surface area contributed by atoms with Crippen molar-refractivity contribution in [3.8, 4) is 0 Å². The molecule has 0 saturated carbocycles. The fourth-order valence-electron chi connectivity index (χ4n) is 2.88. The van der Waals surface area contributed by atoms with E-state index in [1.807, 2.05) is 52.8 Å². The lowest BCUT2D eigenvalue weighted by Gasteiger charge is -2.38. The Morgan fingerprint density at radius 2 is 2.04 bits per heavy atom. The molecule has 2 rings (SSSR count). The largest absolute Gasteiger partial charge is 0.461 e. The van der Waals surface area contributed by atoms with Crippen LogP contribution in [0.5, 0.6) is 0 Å². The van der Waals surface area contributed by atoms with Gasteiger partial charge in [0, 0.05) is 0 Å². The summed E-state index contributed by atoms with van der Waals surface area (Å²) in [5.41, 5.74) is 2.75. The second-order valence-corrected chi connectivity index (χ2v) is 6.24. The Bertz CT molecular complexity index is 598. The van der Waals surface area contributed by atoms with E-state index in [9.17, 15) is 9.59 Å². The molecule has 0 spiro atoms. The van der Waals surface area contributed by atoms with Crippen LogP contribution in [0.3, 0.4) is 0 Å². The van der Waals surface area contributed by atoms with Crippen molar-refractivity contribution in [2.45, 2.75) is 65.6 Å². The molecule has 0 radical (unpaired) electrons. The molecule has 1 aliphatic rings. The first-order chi connectivity index (χ1) is 10.9. The second-order valence-electron chi connectivity index (χ2n) is 6.24. The highest BCUT2D eigenvalue weighted by Gasteiger charge is 2.39. The van der Waals surface area contributed by atoms with E-state index in [1.54, 1.807) is 4.90 Å². The molecule has 5 heteroatoms. The minimum atomic E-state index is -0.595. The van der Waals surface area contributed by atoms with E-state index >= 15 is 0 Å². The molecule has 0 aliphatic carbocycles. The Labute approximate surface area is 138 Å². The monoisotopic (exact) mass is 318 g/mol. The standard InChI is InChI=1S/C18H26N2O3/c1-6-13-17(21)20(15(7-2)18(22)23-11(3)4)16-9-8-12(5)10-14(16)19-13/h8-11,13,15,19H,6-7H2,1-5H3. The molecule has 2 unspecified atom stereocenters. The first kappa shape index (κ1) is 17.3. The fraction of sp³-hybridized carbons (Fsp3) is 0.556. The number of carbonyl (C=O) groups is 2. The molecule has 23 heavy (non-hydrogen) atoms. The van der Waals surface area contributed by atoms with Crippen LogP contribution >= 0.6 is 0 Å². The van der Waals surface area contributed by atoms with E-state index < -0.39 is 6.04 Å². The van der Waals surface area contributed by atoms with Crippen LogP contribution in [0.25, 0.3) is 0 Å². The minimum absolute atomic E-state index is 0.0728. The van der Waals surface area contributed by atoms with Crippen molar-refractivity contribution in [1.29, 1.82) is 0 Å². The lowest BCUT2D eigenvalue weighted by Crippen LogP contribution is -2.54. The van der Waals surface area contributed by atoms with Gasteiger partial charge in [0.2, 0.25) is 5.91 Å². The van der Waals surface area contributed by atoms with Crippen LogP contribution < -0.4 is 10.2 Å². The molecule has 1 amide bonds. The quantitative estimate of drug-likeness (QED) is 0.847. The Kier molecular flexibility index (Phi) is 5.29. The van der Waals surface area contributed by atoms with Crippen LogP contribution in [0, 0.1) is 6.92 Å². The molecule has 1 aliphatic heterocycles. The van der Waals surface area contributed by atoms with Crippen LogP contribution in [0.1, 0.15) is 46.1 Å². The average molecular weight is 318 g/mol. The van der Waals surface area contributed by atoms with E-state index in [2.05, 4.69) is 5.32 Å². The zero-order valence-corrected chi connectivity index (χ0v) is 14.6. The summed E-state index contributed by atoms with van der Waals surface area (Å²) in [4.78, 5) is 26.9. The van der Waals surface area contributed by atoms with Crippen molar-refractivity contribution < 1.29 is 14.3 Å². The number of nitrogens with one attached hydrogen (secondary N) is 1. The van der Waals surface area contributed by atoms with Gasteiger partial charge in [0.1, 0.15) is 12.1 Å². The summed E-state index contributed by atoms with van der Waals surface area (Å²) in [6, 6.07) is 4.95. The van der Waals surface area contributed by atoms with E-state index in [1.165, 1.54) is 0 Å². The van der Waals surface area contributed by atoms with Gasteiger partial charge < -0.3 is 10.1 Å². The summed E-state index contributed by atoms with van der Waals surface area (Å²) < 4.78 is 5.36. The normalized spacial score (nSPS) is 18.4. The highest BCUT2D eigenvalue weighted by Crippen LogP contribution is 2.35. The van der Waals surface area contributed by atoms with Gasteiger partial charge in [-0.15, -0.1) is 0 Å². The van der Waals surface area contributed by atoms with Crippen molar-refractivity contribution in [1.82, 2.24) is 0 Å². The Morgan fingerprint density at radius 1 is 1.35 bits per heavy atom. The lowest BCUT2D eigenvalue weighted by atomic mass is 10.0. The van der Waals surface area contributed by atoms with Gasteiger partial charge >= 0.3 is 5.97 Å². The molecule has 0 fully saturated rings. The van der Waals surface area contributed by atoms with Gasteiger partial charge in [-0.3, -0.25) is 9.69 Å². The van der Waals surface area contributed by atoms with E-state index in [0.717, 1.165) is 16.9 Å². The van der Waals surface area contributed by atoms with Gasteiger partial charge in [0.05, 0.1) is 17.5 Å². The number of ether oxygens (including phenoxy) is 1. The third-order valence-corrected chi connectivity index (χ3v) is 4.01. The number of anilines is 2. The maximum absolute atomic E-state index is 12.9. The number of hydrogen-bond acceptors (Lipinski definition) is 4. The molecule has 0 aromatic heterocycles. The van der Waals surface area contributed by atoms with Gasteiger partial charge in [-0.1, -0.05) is 19.9 Å². The molecule has 0 bridgehead atoms. The second kappa shape index (κ2) is 7.02. The molecule has 126 valence electrons. The third-order valence-electron chi connectivity index (χ3n) is 4.01. The SMILES string of the molecule is CCC1Nc2cc(C)ccc2N(C(CC)C(=O)OC(C)C)C1=O. The molecule has 1 aromatic carbocycles. The minimum Gasteiger partial charge on any atom is -0.461 e. The number of hydrogen-bond donors (Lipinski definition) is 1. The first-order valence-corrected chi connectivity index (χ1v) is 8.29. The number of aryl methyl sites for hydroxylation is 1. The molecule has 5 nitrogen and oxygen atoms in total. The number of rotatable bonds is 5. The fourth-order valence-corrected chi connectivity index (χ4v) is 2.88. The molecular weight excluding hydrogens is 292 g/mol. The summed E-state index contributed by atoms with van der Waals surface area (Å²) >= 11 is 0. The number of benzene rings is 1. The van der Waals surface area contributed by atoms with Crippen LogP contribution in [0.2, 0.25) is 0 Å². The third kappa shape index (κ3) is 3.49. The van der Waals surface area contributed by atoms with Crippen molar-refractivity contribution in [3.63, 3.8) is 0 Å². The van der Waals surface area contributed by atoms with Crippen LogP contribution in [-0.4, -0.2) is 30.1 Å². The highest BCUT2D eigenvalue weighted by molar-refractivity contribution is 6.08. The number of esters is 1. The van der Waals surface area contributed by atoms with Gasteiger partial charge in [0.15, 0.2) is 0 Å². The summed E-state index contributed by atoms with van der Waals surface area (Å²) in [7, 11) is 0. The van der Waals surface area contributed by atoms with Gasteiger partial charge in [0.25, 0.3) is 0 Å². The van der Waals surface area contributed by atoms with Crippen LogP contribution in [-0.2, 0) is 14.3 Å². The number of nitrogens with zero attached hydrogens (tertiary/aromatic N) is 1. The number of amides is 1. The van der Waals surface area contributed by atoms with E-state index in [4.69, 9.17) is 4.74 Å². The van der Waals surface area contributed by atoms with Gasteiger partial charge in [-0.2, -0.15) is 0 Å². The molecule has 1 aromatic rings.